The van der Waals surface area contributed by atoms with Crippen molar-refractivity contribution in [3.8, 4) is 0 Å². The Balaban J connectivity index is 2.78. The smallest absolute Gasteiger partial charge is 0.368 e. The fourth-order valence-corrected chi connectivity index (χ4v) is 3.13. The number of sulfonamides is 1. The van der Waals surface area contributed by atoms with E-state index in [0.717, 1.165) is 6.34 Å². The molecule has 0 radical (unpaired) electrons. The second kappa shape index (κ2) is 6.38. The molecule has 0 bridgehead atoms. The second-order valence-electron chi connectivity index (χ2n) is 5.27. The molecule has 0 saturated carbocycles. The van der Waals surface area contributed by atoms with Crippen molar-refractivity contribution in [1.29, 1.82) is 0 Å². The molecule has 11 heteroatoms. The summed E-state index contributed by atoms with van der Waals surface area (Å²) in [5.74, 6) is 0. The van der Waals surface area contributed by atoms with Gasteiger partial charge in [-0.2, -0.15) is 31.2 Å². The molecule has 0 N–H and O–H groups in total. The lowest BCUT2D eigenvalue weighted by atomic mass is 10.2. The zero-order valence-corrected chi connectivity index (χ0v) is 14.1. The van der Waals surface area contributed by atoms with Crippen LogP contribution in [0.3, 0.4) is 0 Å². The van der Waals surface area contributed by atoms with E-state index in [1.807, 2.05) is 6.92 Å². The van der Waals surface area contributed by atoms with Crippen molar-refractivity contribution < 1.29 is 21.6 Å². The van der Waals surface area contributed by atoms with Gasteiger partial charge in [0.05, 0.1) is 5.69 Å². The summed E-state index contributed by atoms with van der Waals surface area (Å²) in [7, 11) is -1.65. The maximum Gasteiger partial charge on any atom is 0.436 e. The van der Waals surface area contributed by atoms with Crippen LogP contribution in [0, 0.1) is 0 Å². The summed E-state index contributed by atoms with van der Waals surface area (Å²) >= 11 is 0. The highest BCUT2D eigenvalue weighted by molar-refractivity contribution is 7.90. The van der Waals surface area contributed by atoms with Crippen LogP contribution in [-0.2, 0) is 22.6 Å². The van der Waals surface area contributed by atoms with E-state index in [1.54, 1.807) is 0 Å². The van der Waals surface area contributed by atoms with Gasteiger partial charge in [-0.05, 0) is 18.6 Å². The van der Waals surface area contributed by atoms with Gasteiger partial charge in [-0.3, -0.25) is 0 Å². The molecule has 24 heavy (non-hydrogen) atoms. The van der Waals surface area contributed by atoms with Gasteiger partial charge in [0.1, 0.15) is 6.34 Å². The SMILES string of the molecule is CCCc1ccc2nc(C(F)(F)F)c(S(=O)(=O)N=CN(C)C)n2n1. The maximum atomic E-state index is 13.2. The monoisotopic (exact) mass is 363 g/mol. The lowest BCUT2D eigenvalue weighted by Gasteiger charge is -2.07. The maximum absolute atomic E-state index is 13.2. The Labute approximate surface area is 136 Å². The van der Waals surface area contributed by atoms with Crippen molar-refractivity contribution in [3.05, 3.63) is 23.5 Å². The summed E-state index contributed by atoms with van der Waals surface area (Å²) in [6.45, 7) is 1.87. The first kappa shape index (κ1) is 18.2. The van der Waals surface area contributed by atoms with E-state index in [0.29, 0.717) is 23.1 Å². The number of halogens is 3. The topological polar surface area (TPSA) is 79.9 Å². The van der Waals surface area contributed by atoms with Gasteiger partial charge >= 0.3 is 16.2 Å². The molecule has 132 valence electrons. The van der Waals surface area contributed by atoms with Gasteiger partial charge in [-0.25, -0.2) is 4.98 Å². The van der Waals surface area contributed by atoms with Gasteiger partial charge in [-0.15, -0.1) is 4.40 Å². The molecule has 2 aromatic heterocycles. The summed E-state index contributed by atoms with van der Waals surface area (Å²) in [5, 5.41) is 2.90. The number of imidazole rings is 1. The van der Waals surface area contributed by atoms with Gasteiger partial charge in [0.2, 0.25) is 5.03 Å². The van der Waals surface area contributed by atoms with Crippen molar-refractivity contribution in [3.63, 3.8) is 0 Å². The quantitative estimate of drug-likeness (QED) is 0.599. The summed E-state index contributed by atoms with van der Waals surface area (Å²) < 4.78 is 68.3. The highest BCUT2D eigenvalue weighted by atomic mass is 32.2. The average Bonchev–Trinajstić information content (AvgIpc) is 2.85. The molecule has 0 aromatic carbocycles. The Bertz CT molecular complexity index is 872. The van der Waals surface area contributed by atoms with E-state index >= 15 is 0 Å². The molecule has 2 heterocycles. The van der Waals surface area contributed by atoms with Gasteiger partial charge in [0.15, 0.2) is 11.3 Å². The third-order valence-electron chi connectivity index (χ3n) is 2.93. The van der Waals surface area contributed by atoms with Crippen molar-refractivity contribution in [1.82, 2.24) is 19.5 Å². The molecule has 0 fully saturated rings. The molecule has 0 aliphatic heterocycles. The second-order valence-corrected chi connectivity index (χ2v) is 6.82. The fraction of sp³-hybridized carbons (Fsp3) is 0.462. The molecule has 0 spiro atoms. The number of fused-ring (bicyclic) bond motifs is 1. The minimum absolute atomic E-state index is 0.208. The number of hydrogen-bond acceptors (Lipinski definition) is 4. The highest BCUT2D eigenvalue weighted by Gasteiger charge is 2.42. The molecule has 0 amide bonds. The first-order valence-electron chi connectivity index (χ1n) is 6.99. The van der Waals surface area contributed by atoms with E-state index in [1.165, 1.54) is 31.1 Å². The lowest BCUT2D eigenvalue weighted by molar-refractivity contribution is -0.143. The first-order chi connectivity index (χ1) is 11.1. The normalized spacial score (nSPS) is 13.1. The van der Waals surface area contributed by atoms with Crippen molar-refractivity contribution >= 4 is 22.0 Å². The Morgan fingerprint density at radius 3 is 2.54 bits per heavy atom. The fourth-order valence-electron chi connectivity index (χ4n) is 1.96. The first-order valence-corrected chi connectivity index (χ1v) is 8.43. The molecule has 0 aliphatic carbocycles. The average molecular weight is 363 g/mol. The van der Waals surface area contributed by atoms with Crippen LogP contribution in [0.1, 0.15) is 24.7 Å². The third-order valence-corrected chi connectivity index (χ3v) is 4.15. The minimum Gasteiger partial charge on any atom is -0.368 e. The molecule has 7 nitrogen and oxygen atoms in total. The van der Waals surface area contributed by atoms with Gasteiger partial charge < -0.3 is 4.90 Å². The largest absolute Gasteiger partial charge is 0.436 e. The Kier molecular flexibility index (Phi) is 4.83. The minimum atomic E-state index is -4.95. The molecule has 0 unspecified atom stereocenters. The Morgan fingerprint density at radius 1 is 1.33 bits per heavy atom. The molecular weight excluding hydrogens is 347 g/mol. The van der Waals surface area contributed by atoms with E-state index in [4.69, 9.17) is 0 Å². The summed E-state index contributed by atoms with van der Waals surface area (Å²) in [6.07, 6.45) is -2.84. The van der Waals surface area contributed by atoms with Crippen LogP contribution >= 0.6 is 0 Å². The lowest BCUT2D eigenvalue weighted by Crippen LogP contribution is -2.16. The Morgan fingerprint density at radius 2 is 2.00 bits per heavy atom. The van der Waals surface area contributed by atoms with Crippen molar-refractivity contribution in [2.75, 3.05) is 14.1 Å². The van der Waals surface area contributed by atoms with Crippen LogP contribution in [0.25, 0.3) is 5.65 Å². The number of rotatable bonds is 5. The number of hydrogen-bond donors (Lipinski definition) is 0. The van der Waals surface area contributed by atoms with Crippen LogP contribution < -0.4 is 0 Å². The van der Waals surface area contributed by atoms with E-state index < -0.39 is 26.9 Å². The molecule has 2 rings (SSSR count). The zero-order valence-electron chi connectivity index (χ0n) is 13.2. The van der Waals surface area contributed by atoms with Crippen LogP contribution in [0.2, 0.25) is 0 Å². The predicted octanol–water partition coefficient (Wildman–Crippen LogP) is 1.98. The van der Waals surface area contributed by atoms with Crippen LogP contribution in [0.15, 0.2) is 21.6 Å². The van der Waals surface area contributed by atoms with Gasteiger partial charge in [0.25, 0.3) is 0 Å². The van der Waals surface area contributed by atoms with E-state index in [2.05, 4.69) is 14.5 Å². The van der Waals surface area contributed by atoms with Crippen molar-refractivity contribution in [2.45, 2.75) is 31.0 Å². The molecule has 0 atom stereocenters. The highest BCUT2D eigenvalue weighted by Crippen LogP contribution is 2.34. The van der Waals surface area contributed by atoms with E-state index in [-0.39, 0.29) is 5.65 Å². The number of aryl methyl sites for hydroxylation is 1. The molecule has 2 aromatic rings. The van der Waals surface area contributed by atoms with E-state index in [9.17, 15) is 21.6 Å². The number of aromatic nitrogens is 3. The summed E-state index contributed by atoms with van der Waals surface area (Å²) in [4.78, 5) is 4.68. The van der Waals surface area contributed by atoms with Gasteiger partial charge in [0, 0.05) is 14.1 Å². The summed E-state index contributed by atoms with van der Waals surface area (Å²) in [5.41, 5.74) is -1.27. The number of nitrogens with zero attached hydrogens (tertiary/aromatic N) is 5. The third kappa shape index (κ3) is 3.66. The summed E-state index contributed by atoms with van der Waals surface area (Å²) in [6, 6.07) is 2.83. The van der Waals surface area contributed by atoms with Crippen LogP contribution in [0.4, 0.5) is 13.2 Å². The molecule has 0 aliphatic rings. The van der Waals surface area contributed by atoms with Crippen molar-refractivity contribution in [2.24, 2.45) is 4.40 Å². The number of alkyl halides is 3. The molecule has 0 saturated heterocycles. The molecular formula is C13H16F3N5O2S. The van der Waals surface area contributed by atoms with Crippen LogP contribution in [-0.4, -0.2) is 48.3 Å². The predicted molar refractivity (Wildman–Crippen MR) is 81.3 cm³/mol. The zero-order chi connectivity index (χ0) is 18.1. The Hall–Kier alpha value is -2.17. The van der Waals surface area contributed by atoms with Crippen LogP contribution in [0.5, 0.6) is 0 Å². The van der Waals surface area contributed by atoms with Gasteiger partial charge in [-0.1, -0.05) is 13.3 Å². The standard InChI is InChI=1S/C13H16F3N5O2S/c1-4-5-9-6-7-10-18-11(13(14,15)16)12(21(10)19-9)24(22,23)17-8-20(2)3/h6-8H,4-5H2,1-3H3.